The Labute approximate surface area is 164 Å². The van der Waals surface area contributed by atoms with Gasteiger partial charge in [-0.25, -0.2) is 0 Å². The molecule has 0 saturated heterocycles. The predicted molar refractivity (Wildman–Crippen MR) is 108 cm³/mol. The van der Waals surface area contributed by atoms with E-state index in [1.165, 1.54) is 22.3 Å². The Hall–Kier alpha value is -3.21. The highest BCUT2D eigenvalue weighted by atomic mass is 16.2. The quantitative estimate of drug-likeness (QED) is 0.695. The number of aromatic nitrogens is 2. The van der Waals surface area contributed by atoms with Gasteiger partial charge in [0, 0.05) is 26.2 Å². The van der Waals surface area contributed by atoms with Crippen LogP contribution in [0.25, 0.3) is 0 Å². The van der Waals surface area contributed by atoms with Crippen molar-refractivity contribution in [3.8, 4) is 0 Å². The molecule has 0 fully saturated rings. The minimum absolute atomic E-state index is 0.0439. The highest BCUT2D eigenvalue weighted by Gasteiger charge is 2.23. The number of fused-ring (bicyclic) bond motifs is 2. The Bertz CT molecular complexity index is 1020. The first-order valence-electron chi connectivity index (χ1n) is 9.79. The zero-order chi connectivity index (χ0) is 18.9. The Morgan fingerprint density at radius 2 is 1.36 bits per heavy atom. The maximum Gasteiger partial charge on any atom is 0.274 e. The second-order valence-corrected chi connectivity index (χ2v) is 7.46. The summed E-state index contributed by atoms with van der Waals surface area (Å²) in [6.07, 6.45) is 1.90. The van der Waals surface area contributed by atoms with Crippen molar-refractivity contribution >= 4 is 11.7 Å². The maximum atomic E-state index is 12.9. The molecule has 0 saturated carbocycles. The van der Waals surface area contributed by atoms with Crippen molar-refractivity contribution in [1.82, 2.24) is 15.1 Å². The molecule has 0 bridgehead atoms. The average Bonchev–Trinajstić information content (AvgIpc) is 2.78. The van der Waals surface area contributed by atoms with Crippen LogP contribution >= 0.6 is 0 Å². The number of hydrogen-bond acceptors (Lipinski definition) is 4. The zero-order valence-electron chi connectivity index (χ0n) is 15.7. The standard InChI is InChI=1S/C23H22N4O/c28-23(27-14-12-18-6-2-4-8-20(18)16-27)21-9-10-22(25-24-21)26-13-11-17-5-1-3-7-19(17)15-26/h1-10H,11-16H2. The van der Waals surface area contributed by atoms with Crippen molar-refractivity contribution < 1.29 is 4.79 Å². The van der Waals surface area contributed by atoms with Crippen LogP contribution in [-0.4, -0.2) is 34.1 Å². The lowest BCUT2D eigenvalue weighted by Crippen LogP contribution is -2.36. The van der Waals surface area contributed by atoms with Gasteiger partial charge in [-0.1, -0.05) is 48.5 Å². The molecule has 0 spiro atoms. The first kappa shape index (κ1) is 16.9. The van der Waals surface area contributed by atoms with Gasteiger partial charge in [-0.2, -0.15) is 0 Å². The number of rotatable bonds is 2. The molecule has 0 aliphatic carbocycles. The molecule has 3 aromatic rings. The van der Waals surface area contributed by atoms with E-state index in [4.69, 9.17) is 0 Å². The van der Waals surface area contributed by atoms with Crippen LogP contribution in [0.2, 0.25) is 0 Å². The summed E-state index contributed by atoms with van der Waals surface area (Å²) < 4.78 is 0. The number of anilines is 1. The van der Waals surface area contributed by atoms with Gasteiger partial charge >= 0.3 is 0 Å². The van der Waals surface area contributed by atoms with E-state index in [9.17, 15) is 4.79 Å². The lowest BCUT2D eigenvalue weighted by molar-refractivity contribution is 0.0727. The fraction of sp³-hybridized carbons (Fsp3) is 0.261. The molecule has 0 unspecified atom stereocenters. The van der Waals surface area contributed by atoms with E-state index in [1.807, 2.05) is 23.1 Å². The zero-order valence-corrected chi connectivity index (χ0v) is 15.7. The average molecular weight is 370 g/mol. The Morgan fingerprint density at radius 3 is 2.04 bits per heavy atom. The van der Waals surface area contributed by atoms with Crippen LogP contribution in [0, 0.1) is 0 Å². The summed E-state index contributed by atoms with van der Waals surface area (Å²) in [5, 5.41) is 8.62. The minimum atomic E-state index is -0.0439. The number of benzene rings is 2. The van der Waals surface area contributed by atoms with E-state index >= 15 is 0 Å². The molecule has 0 N–H and O–H groups in total. The Kier molecular flexibility index (Phi) is 4.28. The molecule has 5 rings (SSSR count). The molecule has 140 valence electrons. The van der Waals surface area contributed by atoms with E-state index in [1.54, 1.807) is 0 Å². The second kappa shape index (κ2) is 7.08. The number of hydrogen-bond donors (Lipinski definition) is 0. The fourth-order valence-electron chi connectivity index (χ4n) is 4.13. The Morgan fingerprint density at radius 1 is 0.714 bits per heavy atom. The number of amides is 1. The van der Waals surface area contributed by atoms with E-state index in [2.05, 4.69) is 57.6 Å². The summed E-state index contributed by atoms with van der Waals surface area (Å²) in [6, 6.07) is 20.6. The number of nitrogens with zero attached hydrogens (tertiary/aromatic N) is 4. The number of carbonyl (C=O) groups is 1. The van der Waals surface area contributed by atoms with Crippen LogP contribution in [0.3, 0.4) is 0 Å². The van der Waals surface area contributed by atoms with Crippen LogP contribution in [0.1, 0.15) is 32.7 Å². The normalized spacial score (nSPS) is 15.7. The third kappa shape index (κ3) is 3.13. The molecule has 5 nitrogen and oxygen atoms in total. The van der Waals surface area contributed by atoms with E-state index in [0.717, 1.165) is 38.3 Å². The molecule has 2 aliphatic heterocycles. The van der Waals surface area contributed by atoms with Gasteiger partial charge < -0.3 is 9.80 Å². The van der Waals surface area contributed by atoms with Gasteiger partial charge in [-0.05, 0) is 47.2 Å². The third-order valence-electron chi connectivity index (χ3n) is 5.74. The molecule has 2 aromatic carbocycles. The molecule has 0 atom stereocenters. The molecule has 0 radical (unpaired) electrons. The van der Waals surface area contributed by atoms with Gasteiger partial charge in [-0.15, -0.1) is 10.2 Å². The summed E-state index contributed by atoms with van der Waals surface area (Å²) in [7, 11) is 0. The van der Waals surface area contributed by atoms with Crippen molar-refractivity contribution in [1.29, 1.82) is 0 Å². The van der Waals surface area contributed by atoms with Gasteiger partial charge in [0.25, 0.3) is 5.91 Å². The summed E-state index contributed by atoms with van der Waals surface area (Å²) in [4.78, 5) is 17.0. The summed E-state index contributed by atoms with van der Waals surface area (Å²) in [5.74, 6) is 0.785. The second-order valence-electron chi connectivity index (χ2n) is 7.46. The van der Waals surface area contributed by atoms with Gasteiger partial charge in [0.1, 0.15) is 0 Å². The lowest BCUT2D eigenvalue weighted by atomic mass is 9.99. The van der Waals surface area contributed by atoms with Crippen molar-refractivity contribution in [2.24, 2.45) is 0 Å². The smallest absolute Gasteiger partial charge is 0.274 e. The van der Waals surface area contributed by atoms with E-state index in [0.29, 0.717) is 12.2 Å². The molecular weight excluding hydrogens is 348 g/mol. The highest BCUT2D eigenvalue weighted by Crippen LogP contribution is 2.23. The summed E-state index contributed by atoms with van der Waals surface area (Å²) in [5.41, 5.74) is 5.71. The highest BCUT2D eigenvalue weighted by molar-refractivity contribution is 5.92. The summed E-state index contributed by atoms with van der Waals surface area (Å²) in [6.45, 7) is 3.12. The van der Waals surface area contributed by atoms with Crippen LogP contribution in [0.4, 0.5) is 5.82 Å². The van der Waals surface area contributed by atoms with E-state index < -0.39 is 0 Å². The molecule has 5 heteroatoms. The van der Waals surface area contributed by atoms with Gasteiger partial charge in [0.05, 0.1) is 0 Å². The predicted octanol–water partition coefficient (Wildman–Crippen LogP) is 3.24. The fourth-order valence-corrected chi connectivity index (χ4v) is 4.13. The van der Waals surface area contributed by atoms with Crippen molar-refractivity contribution in [2.75, 3.05) is 18.0 Å². The lowest BCUT2D eigenvalue weighted by Gasteiger charge is -2.30. The minimum Gasteiger partial charge on any atom is -0.350 e. The molecule has 2 aliphatic rings. The van der Waals surface area contributed by atoms with Gasteiger partial charge in [-0.3, -0.25) is 4.79 Å². The van der Waals surface area contributed by atoms with Crippen LogP contribution in [-0.2, 0) is 25.9 Å². The monoisotopic (exact) mass is 370 g/mol. The molecule has 1 amide bonds. The van der Waals surface area contributed by atoms with Crippen molar-refractivity contribution in [2.45, 2.75) is 25.9 Å². The van der Waals surface area contributed by atoms with Crippen LogP contribution < -0.4 is 4.90 Å². The summed E-state index contributed by atoms with van der Waals surface area (Å²) >= 11 is 0. The Balaban J connectivity index is 1.30. The number of carbonyl (C=O) groups excluding carboxylic acids is 1. The third-order valence-corrected chi connectivity index (χ3v) is 5.74. The SMILES string of the molecule is O=C(c1ccc(N2CCc3ccccc3C2)nn1)N1CCc2ccccc2C1. The van der Waals surface area contributed by atoms with Gasteiger partial charge in [0.2, 0.25) is 0 Å². The molecule has 1 aromatic heterocycles. The van der Waals surface area contributed by atoms with Crippen molar-refractivity contribution in [3.05, 3.63) is 88.6 Å². The maximum absolute atomic E-state index is 12.9. The van der Waals surface area contributed by atoms with Gasteiger partial charge in [0.15, 0.2) is 11.5 Å². The molecular formula is C23H22N4O. The first-order valence-corrected chi connectivity index (χ1v) is 9.79. The van der Waals surface area contributed by atoms with E-state index in [-0.39, 0.29) is 5.91 Å². The first-order chi connectivity index (χ1) is 13.8. The molecule has 3 heterocycles. The topological polar surface area (TPSA) is 49.3 Å². The largest absolute Gasteiger partial charge is 0.350 e. The van der Waals surface area contributed by atoms with Crippen LogP contribution in [0.15, 0.2) is 60.7 Å². The van der Waals surface area contributed by atoms with Crippen molar-refractivity contribution in [3.63, 3.8) is 0 Å². The van der Waals surface area contributed by atoms with Crippen LogP contribution in [0.5, 0.6) is 0 Å². The molecule has 28 heavy (non-hydrogen) atoms.